The van der Waals surface area contributed by atoms with Crippen LogP contribution in [0.5, 0.6) is 11.5 Å². The standard InChI is InChI=1S/C14H22O2S/c1-4-15-13-6-7-14(16-5-2)12(9-13)8-11(3)10-17/h6-7,9,11,17H,4-5,8,10H2,1-3H3. The lowest BCUT2D eigenvalue weighted by Crippen LogP contribution is -2.05. The third-order valence-electron chi connectivity index (χ3n) is 2.52. The summed E-state index contributed by atoms with van der Waals surface area (Å²) < 4.78 is 11.2. The molecule has 0 aliphatic carbocycles. The van der Waals surface area contributed by atoms with Gasteiger partial charge < -0.3 is 9.47 Å². The Bertz CT molecular complexity index is 339. The quantitative estimate of drug-likeness (QED) is 0.750. The minimum Gasteiger partial charge on any atom is -0.494 e. The van der Waals surface area contributed by atoms with E-state index in [0.29, 0.717) is 19.1 Å². The van der Waals surface area contributed by atoms with E-state index >= 15 is 0 Å². The highest BCUT2D eigenvalue weighted by Gasteiger charge is 2.09. The van der Waals surface area contributed by atoms with Gasteiger partial charge in [-0.05, 0) is 55.7 Å². The van der Waals surface area contributed by atoms with Gasteiger partial charge >= 0.3 is 0 Å². The topological polar surface area (TPSA) is 18.5 Å². The van der Waals surface area contributed by atoms with Crippen molar-refractivity contribution >= 4 is 12.6 Å². The molecular formula is C14H22O2S. The fraction of sp³-hybridized carbons (Fsp3) is 0.571. The molecule has 1 aromatic carbocycles. The van der Waals surface area contributed by atoms with Crippen LogP contribution in [0.3, 0.4) is 0 Å². The Labute approximate surface area is 110 Å². The lowest BCUT2D eigenvalue weighted by Gasteiger charge is -2.15. The van der Waals surface area contributed by atoms with Gasteiger partial charge in [0.15, 0.2) is 0 Å². The van der Waals surface area contributed by atoms with Crippen molar-refractivity contribution in [2.75, 3.05) is 19.0 Å². The lowest BCUT2D eigenvalue weighted by atomic mass is 10.0. The molecule has 1 atom stereocenters. The van der Waals surface area contributed by atoms with Crippen molar-refractivity contribution in [2.45, 2.75) is 27.2 Å². The molecule has 0 heterocycles. The van der Waals surface area contributed by atoms with E-state index in [2.05, 4.69) is 25.6 Å². The van der Waals surface area contributed by atoms with Crippen molar-refractivity contribution in [3.8, 4) is 11.5 Å². The number of hydrogen-bond acceptors (Lipinski definition) is 3. The van der Waals surface area contributed by atoms with Gasteiger partial charge in [0, 0.05) is 0 Å². The van der Waals surface area contributed by atoms with E-state index in [1.165, 1.54) is 5.56 Å². The Balaban J connectivity index is 2.89. The second-order valence-electron chi connectivity index (χ2n) is 4.13. The zero-order valence-corrected chi connectivity index (χ0v) is 11.8. The van der Waals surface area contributed by atoms with E-state index in [9.17, 15) is 0 Å². The van der Waals surface area contributed by atoms with Crippen LogP contribution in [0.15, 0.2) is 18.2 Å². The molecule has 0 aliphatic rings. The van der Waals surface area contributed by atoms with Crippen molar-refractivity contribution in [3.05, 3.63) is 23.8 Å². The van der Waals surface area contributed by atoms with E-state index in [1.54, 1.807) is 0 Å². The molecule has 0 fully saturated rings. The van der Waals surface area contributed by atoms with Crippen LogP contribution >= 0.6 is 12.6 Å². The smallest absolute Gasteiger partial charge is 0.122 e. The largest absolute Gasteiger partial charge is 0.494 e. The molecule has 0 bridgehead atoms. The number of thiol groups is 1. The first-order valence-electron chi connectivity index (χ1n) is 6.20. The number of benzene rings is 1. The van der Waals surface area contributed by atoms with E-state index < -0.39 is 0 Å². The SMILES string of the molecule is CCOc1ccc(OCC)c(CC(C)CS)c1. The number of rotatable bonds is 7. The van der Waals surface area contributed by atoms with Gasteiger partial charge in [-0.2, -0.15) is 12.6 Å². The van der Waals surface area contributed by atoms with Gasteiger partial charge in [0.25, 0.3) is 0 Å². The average molecular weight is 254 g/mol. The Morgan fingerprint density at radius 1 is 1.18 bits per heavy atom. The molecule has 0 amide bonds. The Morgan fingerprint density at radius 3 is 2.47 bits per heavy atom. The van der Waals surface area contributed by atoms with E-state index in [4.69, 9.17) is 9.47 Å². The van der Waals surface area contributed by atoms with E-state index in [0.717, 1.165) is 23.7 Å². The molecule has 3 heteroatoms. The maximum atomic E-state index is 5.64. The van der Waals surface area contributed by atoms with Crippen LogP contribution in [-0.4, -0.2) is 19.0 Å². The molecular weight excluding hydrogens is 232 g/mol. The van der Waals surface area contributed by atoms with Crippen LogP contribution in [-0.2, 0) is 6.42 Å². The summed E-state index contributed by atoms with van der Waals surface area (Å²) in [6.07, 6.45) is 0.972. The van der Waals surface area contributed by atoms with Crippen molar-refractivity contribution in [1.29, 1.82) is 0 Å². The summed E-state index contributed by atoms with van der Waals surface area (Å²) in [5, 5.41) is 0. The summed E-state index contributed by atoms with van der Waals surface area (Å²) in [5.41, 5.74) is 1.21. The van der Waals surface area contributed by atoms with Gasteiger partial charge in [0.05, 0.1) is 13.2 Å². The number of hydrogen-bond donors (Lipinski definition) is 1. The van der Waals surface area contributed by atoms with Crippen LogP contribution in [0.25, 0.3) is 0 Å². The fourth-order valence-corrected chi connectivity index (χ4v) is 1.84. The molecule has 1 unspecified atom stereocenters. The molecule has 17 heavy (non-hydrogen) atoms. The van der Waals surface area contributed by atoms with Gasteiger partial charge in [0.1, 0.15) is 11.5 Å². The van der Waals surface area contributed by atoms with Gasteiger partial charge in [-0.1, -0.05) is 6.92 Å². The highest BCUT2D eigenvalue weighted by Crippen LogP contribution is 2.27. The minimum atomic E-state index is 0.536. The summed E-state index contributed by atoms with van der Waals surface area (Å²) >= 11 is 4.33. The maximum absolute atomic E-state index is 5.64. The summed E-state index contributed by atoms with van der Waals surface area (Å²) in [5.74, 6) is 3.29. The summed E-state index contributed by atoms with van der Waals surface area (Å²) in [6.45, 7) is 7.57. The van der Waals surface area contributed by atoms with Gasteiger partial charge in [-0.15, -0.1) is 0 Å². The van der Waals surface area contributed by atoms with Crippen molar-refractivity contribution in [2.24, 2.45) is 5.92 Å². The second kappa shape index (κ2) is 7.49. The number of ether oxygens (including phenoxy) is 2. The first kappa shape index (κ1) is 14.2. The van der Waals surface area contributed by atoms with Gasteiger partial charge in [-0.3, -0.25) is 0 Å². The van der Waals surface area contributed by atoms with Crippen molar-refractivity contribution in [3.63, 3.8) is 0 Å². The summed E-state index contributed by atoms with van der Waals surface area (Å²) in [6, 6.07) is 6.03. The Kier molecular flexibility index (Phi) is 6.27. The molecule has 0 aromatic heterocycles. The van der Waals surface area contributed by atoms with Gasteiger partial charge in [0.2, 0.25) is 0 Å². The average Bonchev–Trinajstić information content (AvgIpc) is 2.33. The van der Waals surface area contributed by atoms with E-state index in [-0.39, 0.29) is 0 Å². The molecule has 1 rings (SSSR count). The van der Waals surface area contributed by atoms with Crippen LogP contribution in [0.2, 0.25) is 0 Å². The van der Waals surface area contributed by atoms with Crippen molar-refractivity contribution < 1.29 is 9.47 Å². The van der Waals surface area contributed by atoms with Gasteiger partial charge in [-0.25, -0.2) is 0 Å². The first-order valence-corrected chi connectivity index (χ1v) is 6.83. The molecule has 1 aromatic rings. The van der Waals surface area contributed by atoms with Crippen LogP contribution in [0.4, 0.5) is 0 Å². The second-order valence-corrected chi connectivity index (χ2v) is 4.49. The highest BCUT2D eigenvalue weighted by molar-refractivity contribution is 7.80. The fourth-order valence-electron chi connectivity index (χ4n) is 1.71. The van der Waals surface area contributed by atoms with Crippen molar-refractivity contribution in [1.82, 2.24) is 0 Å². The lowest BCUT2D eigenvalue weighted by molar-refractivity contribution is 0.326. The molecule has 0 aliphatic heterocycles. The third kappa shape index (κ3) is 4.50. The third-order valence-corrected chi connectivity index (χ3v) is 3.15. The van der Waals surface area contributed by atoms with Crippen LogP contribution in [0, 0.1) is 5.92 Å². The minimum absolute atomic E-state index is 0.536. The zero-order valence-electron chi connectivity index (χ0n) is 10.9. The first-order chi connectivity index (χ1) is 8.21. The normalized spacial score (nSPS) is 12.2. The summed E-state index contributed by atoms with van der Waals surface area (Å²) in [4.78, 5) is 0. The monoisotopic (exact) mass is 254 g/mol. The molecule has 0 radical (unpaired) electrons. The molecule has 0 spiro atoms. The predicted molar refractivity (Wildman–Crippen MR) is 75.5 cm³/mol. The van der Waals surface area contributed by atoms with Crippen LogP contribution < -0.4 is 9.47 Å². The van der Waals surface area contributed by atoms with E-state index in [1.807, 2.05) is 26.0 Å². The molecule has 0 N–H and O–H groups in total. The molecule has 96 valence electrons. The molecule has 0 saturated carbocycles. The zero-order chi connectivity index (χ0) is 12.7. The summed E-state index contributed by atoms with van der Waals surface area (Å²) in [7, 11) is 0. The Morgan fingerprint density at radius 2 is 1.88 bits per heavy atom. The van der Waals surface area contributed by atoms with Crippen LogP contribution in [0.1, 0.15) is 26.3 Å². The molecule has 0 saturated heterocycles. The predicted octanol–water partition coefficient (Wildman–Crippen LogP) is 3.59. The Hall–Kier alpha value is -0.830. The highest BCUT2D eigenvalue weighted by atomic mass is 32.1. The molecule has 2 nitrogen and oxygen atoms in total. The maximum Gasteiger partial charge on any atom is 0.122 e.